The lowest BCUT2D eigenvalue weighted by atomic mass is 10.0. The first-order chi connectivity index (χ1) is 6.22. The minimum Gasteiger partial charge on any atom is -0.454 e. The van der Waals surface area contributed by atoms with Crippen LogP contribution in [0.5, 0.6) is 0 Å². The molecule has 1 heterocycles. The average Bonchev–Trinajstić information content (AvgIpc) is 2.43. The lowest BCUT2D eigenvalue weighted by molar-refractivity contribution is 0.0378. The number of rotatable bonds is 1. The van der Waals surface area contributed by atoms with Gasteiger partial charge in [-0.05, 0) is 19.4 Å². The van der Waals surface area contributed by atoms with Gasteiger partial charge in [0.15, 0.2) is 0 Å². The van der Waals surface area contributed by atoms with Crippen molar-refractivity contribution in [2.24, 2.45) is 0 Å². The fraction of sp³-hybridized carbons (Fsp3) is 0.364. The maximum atomic E-state index is 11.4. The van der Waals surface area contributed by atoms with Crippen molar-refractivity contribution in [1.82, 2.24) is 0 Å². The number of fused-ring (bicyclic) bond motifs is 1. The van der Waals surface area contributed by atoms with Crippen molar-refractivity contribution in [1.29, 1.82) is 0 Å². The Morgan fingerprint density at radius 1 is 1.46 bits per heavy atom. The molecule has 1 aromatic rings. The summed E-state index contributed by atoms with van der Waals surface area (Å²) in [5, 5.41) is 0. The van der Waals surface area contributed by atoms with Gasteiger partial charge < -0.3 is 4.74 Å². The van der Waals surface area contributed by atoms with E-state index in [0.717, 1.165) is 23.1 Å². The van der Waals surface area contributed by atoms with Crippen LogP contribution in [-0.4, -0.2) is 5.97 Å². The van der Waals surface area contributed by atoms with E-state index in [-0.39, 0.29) is 12.1 Å². The summed E-state index contributed by atoms with van der Waals surface area (Å²) in [6.07, 6.45) is 0.824. The zero-order valence-electron chi connectivity index (χ0n) is 7.83. The summed E-state index contributed by atoms with van der Waals surface area (Å²) >= 11 is 0. The van der Waals surface area contributed by atoms with E-state index in [1.807, 2.05) is 32.0 Å². The third kappa shape index (κ3) is 1.22. The number of benzene rings is 1. The van der Waals surface area contributed by atoms with Gasteiger partial charge in [0, 0.05) is 5.56 Å². The lowest BCUT2D eigenvalue weighted by Crippen LogP contribution is -1.96. The van der Waals surface area contributed by atoms with Crippen LogP contribution < -0.4 is 0 Å². The molecule has 1 atom stereocenters. The van der Waals surface area contributed by atoms with Gasteiger partial charge in [-0.15, -0.1) is 0 Å². The summed E-state index contributed by atoms with van der Waals surface area (Å²) in [4.78, 5) is 11.4. The fourth-order valence-corrected chi connectivity index (χ4v) is 1.69. The Kier molecular flexibility index (Phi) is 1.83. The van der Waals surface area contributed by atoms with Crippen LogP contribution in [0.2, 0.25) is 0 Å². The second-order valence-electron chi connectivity index (χ2n) is 3.39. The Labute approximate surface area is 77.5 Å². The third-order valence-corrected chi connectivity index (χ3v) is 2.40. The Bertz CT molecular complexity index is 355. The molecule has 68 valence electrons. The Hall–Kier alpha value is -1.31. The zero-order valence-corrected chi connectivity index (χ0v) is 7.83. The van der Waals surface area contributed by atoms with E-state index in [0.29, 0.717) is 0 Å². The first-order valence-corrected chi connectivity index (χ1v) is 4.54. The third-order valence-electron chi connectivity index (χ3n) is 2.40. The molecule has 2 nitrogen and oxygen atoms in total. The van der Waals surface area contributed by atoms with Gasteiger partial charge in [0.05, 0.1) is 5.56 Å². The highest BCUT2D eigenvalue weighted by Gasteiger charge is 2.29. The zero-order chi connectivity index (χ0) is 9.42. The van der Waals surface area contributed by atoms with Crippen LogP contribution in [0.15, 0.2) is 18.2 Å². The van der Waals surface area contributed by atoms with Crippen LogP contribution in [0.1, 0.15) is 40.9 Å². The molecule has 1 aliphatic rings. The SMILES string of the molecule is CCC1OC(=O)c2cc(C)ccc21. The predicted octanol–water partition coefficient (Wildman–Crippen LogP) is 2.62. The minimum absolute atomic E-state index is 0.0249. The van der Waals surface area contributed by atoms with E-state index >= 15 is 0 Å². The molecule has 1 unspecified atom stereocenters. The summed E-state index contributed by atoms with van der Waals surface area (Å²) in [6, 6.07) is 5.90. The molecule has 0 spiro atoms. The molecule has 0 fully saturated rings. The molecule has 13 heavy (non-hydrogen) atoms. The predicted molar refractivity (Wildman–Crippen MR) is 49.6 cm³/mol. The van der Waals surface area contributed by atoms with Crippen molar-refractivity contribution >= 4 is 5.97 Å². The summed E-state index contributed by atoms with van der Waals surface area (Å²) in [5.74, 6) is -0.175. The summed E-state index contributed by atoms with van der Waals surface area (Å²) in [7, 11) is 0. The van der Waals surface area contributed by atoms with Crippen molar-refractivity contribution in [3.63, 3.8) is 0 Å². The van der Waals surface area contributed by atoms with Crippen LogP contribution in [0, 0.1) is 6.92 Å². The summed E-state index contributed by atoms with van der Waals surface area (Å²) in [6.45, 7) is 4.00. The van der Waals surface area contributed by atoms with Gasteiger partial charge in [0.1, 0.15) is 6.10 Å². The fourth-order valence-electron chi connectivity index (χ4n) is 1.69. The molecule has 0 saturated carbocycles. The van der Waals surface area contributed by atoms with Crippen molar-refractivity contribution in [3.8, 4) is 0 Å². The quantitative estimate of drug-likeness (QED) is 0.615. The van der Waals surface area contributed by atoms with Gasteiger partial charge in [-0.3, -0.25) is 0 Å². The second-order valence-corrected chi connectivity index (χ2v) is 3.39. The topological polar surface area (TPSA) is 26.3 Å². The van der Waals surface area contributed by atoms with E-state index in [1.54, 1.807) is 0 Å². The highest BCUT2D eigenvalue weighted by Crippen LogP contribution is 2.32. The number of carbonyl (C=O) groups excluding carboxylic acids is 1. The van der Waals surface area contributed by atoms with Crippen LogP contribution >= 0.6 is 0 Å². The molecule has 0 radical (unpaired) electrons. The summed E-state index contributed by atoms with van der Waals surface area (Å²) < 4.78 is 5.20. The van der Waals surface area contributed by atoms with Gasteiger partial charge in [-0.1, -0.05) is 24.6 Å². The number of hydrogen-bond acceptors (Lipinski definition) is 2. The number of carbonyl (C=O) groups is 1. The maximum Gasteiger partial charge on any atom is 0.339 e. The highest BCUT2D eigenvalue weighted by molar-refractivity contribution is 5.94. The van der Waals surface area contributed by atoms with Crippen molar-refractivity contribution in [2.45, 2.75) is 26.4 Å². The van der Waals surface area contributed by atoms with E-state index in [2.05, 4.69) is 0 Å². The van der Waals surface area contributed by atoms with Gasteiger partial charge in [0.25, 0.3) is 0 Å². The maximum absolute atomic E-state index is 11.4. The first-order valence-electron chi connectivity index (χ1n) is 4.54. The van der Waals surface area contributed by atoms with Gasteiger partial charge in [-0.25, -0.2) is 4.79 Å². The van der Waals surface area contributed by atoms with Crippen LogP contribution in [0.3, 0.4) is 0 Å². The molecule has 0 bridgehead atoms. The molecule has 0 aromatic heterocycles. The lowest BCUT2D eigenvalue weighted by Gasteiger charge is -2.05. The molecule has 0 N–H and O–H groups in total. The molecule has 0 amide bonds. The summed E-state index contributed by atoms with van der Waals surface area (Å²) in [5.41, 5.74) is 2.89. The number of aryl methyl sites for hydroxylation is 1. The Balaban J connectivity index is 2.52. The molecule has 1 aromatic carbocycles. The monoisotopic (exact) mass is 176 g/mol. The van der Waals surface area contributed by atoms with Gasteiger partial charge in [0.2, 0.25) is 0 Å². The second kappa shape index (κ2) is 2.87. The van der Waals surface area contributed by atoms with Crippen molar-refractivity contribution in [3.05, 3.63) is 34.9 Å². The van der Waals surface area contributed by atoms with E-state index in [1.165, 1.54) is 0 Å². The highest BCUT2D eigenvalue weighted by atomic mass is 16.5. The van der Waals surface area contributed by atoms with Crippen molar-refractivity contribution in [2.75, 3.05) is 0 Å². The molecular weight excluding hydrogens is 164 g/mol. The number of hydrogen-bond donors (Lipinski definition) is 0. The molecular formula is C11H12O2. The molecule has 1 aliphatic heterocycles. The molecule has 0 aliphatic carbocycles. The van der Waals surface area contributed by atoms with E-state index in [9.17, 15) is 4.79 Å². The number of ether oxygens (including phenoxy) is 1. The molecule has 0 saturated heterocycles. The number of cyclic esters (lactones) is 1. The van der Waals surface area contributed by atoms with E-state index in [4.69, 9.17) is 4.74 Å². The van der Waals surface area contributed by atoms with Crippen LogP contribution in [0.25, 0.3) is 0 Å². The average molecular weight is 176 g/mol. The molecule has 2 heteroatoms. The standard InChI is InChI=1S/C11H12O2/c1-3-10-8-5-4-7(2)6-9(8)11(12)13-10/h4-6,10H,3H2,1-2H3. The minimum atomic E-state index is -0.175. The largest absolute Gasteiger partial charge is 0.454 e. The van der Waals surface area contributed by atoms with Gasteiger partial charge >= 0.3 is 5.97 Å². The molecule has 2 rings (SSSR count). The van der Waals surface area contributed by atoms with Crippen LogP contribution in [0.4, 0.5) is 0 Å². The van der Waals surface area contributed by atoms with E-state index < -0.39 is 0 Å². The number of esters is 1. The van der Waals surface area contributed by atoms with Gasteiger partial charge in [-0.2, -0.15) is 0 Å². The Morgan fingerprint density at radius 3 is 2.92 bits per heavy atom. The first kappa shape index (κ1) is 8.30. The smallest absolute Gasteiger partial charge is 0.339 e. The normalized spacial score (nSPS) is 19.8. The van der Waals surface area contributed by atoms with Crippen molar-refractivity contribution < 1.29 is 9.53 Å². The van der Waals surface area contributed by atoms with Crippen LogP contribution in [-0.2, 0) is 4.74 Å². The Morgan fingerprint density at radius 2 is 2.23 bits per heavy atom.